The second kappa shape index (κ2) is 9.72. The number of nitrogens with one attached hydrogen (secondary N) is 1. The fraction of sp³-hybridized carbons (Fsp3) is 0.269. The summed E-state index contributed by atoms with van der Waals surface area (Å²) < 4.78 is 5.88. The monoisotopic (exact) mass is 441 g/mol. The zero-order valence-corrected chi connectivity index (χ0v) is 18.8. The molecule has 7 nitrogen and oxygen atoms in total. The predicted octanol–water partition coefficient (Wildman–Crippen LogP) is 3.60. The van der Waals surface area contributed by atoms with Crippen molar-refractivity contribution in [3.63, 3.8) is 0 Å². The summed E-state index contributed by atoms with van der Waals surface area (Å²) in [4.78, 5) is 19.1. The van der Waals surface area contributed by atoms with Crippen LogP contribution < -0.4 is 15.8 Å². The van der Waals surface area contributed by atoms with Crippen molar-refractivity contribution in [1.29, 1.82) is 5.26 Å². The number of hydrogen-bond acceptors (Lipinski definition) is 6. The summed E-state index contributed by atoms with van der Waals surface area (Å²) in [6.07, 6.45) is 1.69. The van der Waals surface area contributed by atoms with E-state index in [4.69, 9.17) is 15.7 Å². The number of carbonyl (C=O) groups is 1. The Morgan fingerprint density at radius 1 is 1.12 bits per heavy atom. The Labute approximate surface area is 193 Å². The molecular formula is C26H27N5O2. The summed E-state index contributed by atoms with van der Waals surface area (Å²) in [5.74, 6) is 0.838. The van der Waals surface area contributed by atoms with Crippen molar-refractivity contribution in [2.75, 3.05) is 18.8 Å². The van der Waals surface area contributed by atoms with Gasteiger partial charge in [0.1, 0.15) is 6.61 Å². The zero-order valence-electron chi connectivity index (χ0n) is 18.8. The number of anilines is 1. The van der Waals surface area contributed by atoms with Gasteiger partial charge in [-0.15, -0.1) is 0 Å². The van der Waals surface area contributed by atoms with E-state index in [1.54, 1.807) is 18.3 Å². The minimum atomic E-state index is 0.0450. The first-order chi connectivity index (χ1) is 15.9. The molecule has 1 fully saturated rings. The fourth-order valence-electron chi connectivity index (χ4n) is 4.05. The Hall–Kier alpha value is -3.89. The van der Waals surface area contributed by atoms with Crippen LogP contribution in [0.15, 0.2) is 60.8 Å². The van der Waals surface area contributed by atoms with Gasteiger partial charge >= 0.3 is 0 Å². The van der Waals surface area contributed by atoms with Crippen LogP contribution in [0.25, 0.3) is 11.1 Å². The number of nitrogen functional groups attached to an aromatic ring is 1. The predicted molar refractivity (Wildman–Crippen MR) is 128 cm³/mol. The summed E-state index contributed by atoms with van der Waals surface area (Å²) in [5.41, 5.74) is 9.98. The van der Waals surface area contributed by atoms with Crippen LogP contribution in [-0.4, -0.2) is 41.0 Å². The zero-order chi connectivity index (χ0) is 23.4. The summed E-state index contributed by atoms with van der Waals surface area (Å²) in [5, 5.41) is 12.4. The number of nitrogens with zero attached hydrogens (tertiary/aromatic N) is 3. The lowest BCUT2D eigenvalue weighted by molar-refractivity contribution is 0.0674. The SMILES string of the molecule is CC1CN(C(=O)c2ccc(-c3cnc(N)c(OCc4ccc(C#N)cc4)c3)cc2)CC(C)N1. The summed E-state index contributed by atoms with van der Waals surface area (Å²) in [6.45, 7) is 5.90. The first kappa shape index (κ1) is 22.3. The lowest BCUT2D eigenvalue weighted by Crippen LogP contribution is -2.55. The number of rotatable bonds is 5. The smallest absolute Gasteiger partial charge is 0.253 e. The first-order valence-corrected chi connectivity index (χ1v) is 11.0. The molecule has 1 aromatic heterocycles. The number of nitrogens with two attached hydrogens (primary N) is 1. The minimum Gasteiger partial charge on any atom is -0.485 e. The molecule has 2 heterocycles. The number of hydrogen-bond donors (Lipinski definition) is 2. The van der Waals surface area contributed by atoms with Crippen LogP contribution in [0.3, 0.4) is 0 Å². The van der Waals surface area contributed by atoms with Gasteiger partial charge in [-0.05, 0) is 55.3 Å². The van der Waals surface area contributed by atoms with Crippen LogP contribution >= 0.6 is 0 Å². The summed E-state index contributed by atoms with van der Waals surface area (Å²) in [6, 6.07) is 19.2. The van der Waals surface area contributed by atoms with Gasteiger partial charge in [-0.3, -0.25) is 4.79 Å². The third-order valence-electron chi connectivity index (χ3n) is 5.67. The van der Waals surface area contributed by atoms with Crippen LogP contribution in [0, 0.1) is 11.3 Å². The van der Waals surface area contributed by atoms with E-state index >= 15 is 0 Å². The molecule has 168 valence electrons. The number of benzene rings is 2. The van der Waals surface area contributed by atoms with Crippen molar-refractivity contribution in [3.8, 4) is 22.9 Å². The lowest BCUT2D eigenvalue weighted by Gasteiger charge is -2.36. The van der Waals surface area contributed by atoms with Crippen molar-refractivity contribution in [1.82, 2.24) is 15.2 Å². The molecule has 2 aromatic carbocycles. The average Bonchev–Trinajstić information content (AvgIpc) is 2.83. The van der Waals surface area contributed by atoms with Gasteiger partial charge in [0.15, 0.2) is 11.6 Å². The molecule has 2 atom stereocenters. The van der Waals surface area contributed by atoms with Crippen molar-refractivity contribution < 1.29 is 9.53 Å². The maximum Gasteiger partial charge on any atom is 0.253 e. The summed E-state index contributed by atoms with van der Waals surface area (Å²) >= 11 is 0. The van der Waals surface area contributed by atoms with Crippen molar-refractivity contribution in [2.45, 2.75) is 32.5 Å². The molecule has 3 aromatic rings. The quantitative estimate of drug-likeness (QED) is 0.627. The van der Waals surface area contributed by atoms with Gasteiger partial charge in [0.25, 0.3) is 5.91 Å². The van der Waals surface area contributed by atoms with E-state index in [1.807, 2.05) is 47.4 Å². The van der Waals surface area contributed by atoms with Gasteiger partial charge in [-0.2, -0.15) is 5.26 Å². The maximum atomic E-state index is 12.9. The van der Waals surface area contributed by atoms with Crippen LogP contribution in [-0.2, 0) is 6.61 Å². The molecule has 4 rings (SSSR count). The summed E-state index contributed by atoms with van der Waals surface area (Å²) in [7, 11) is 0. The highest BCUT2D eigenvalue weighted by Gasteiger charge is 2.25. The molecule has 0 aliphatic carbocycles. The second-order valence-electron chi connectivity index (χ2n) is 8.46. The Morgan fingerprint density at radius 2 is 1.79 bits per heavy atom. The largest absolute Gasteiger partial charge is 0.485 e. The number of nitriles is 1. The van der Waals surface area contributed by atoms with Gasteiger partial charge in [-0.1, -0.05) is 24.3 Å². The molecule has 1 aliphatic rings. The van der Waals surface area contributed by atoms with E-state index in [9.17, 15) is 4.79 Å². The van der Waals surface area contributed by atoms with Crippen molar-refractivity contribution in [3.05, 3.63) is 77.5 Å². The highest BCUT2D eigenvalue weighted by atomic mass is 16.5. The fourth-order valence-corrected chi connectivity index (χ4v) is 4.05. The highest BCUT2D eigenvalue weighted by molar-refractivity contribution is 5.95. The molecule has 33 heavy (non-hydrogen) atoms. The maximum absolute atomic E-state index is 12.9. The Morgan fingerprint density at radius 3 is 2.42 bits per heavy atom. The number of carbonyl (C=O) groups excluding carboxylic acids is 1. The lowest BCUT2D eigenvalue weighted by atomic mass is 10.0. The van der Waals surface area contributed by atoms with E-state index in [2.05, 4.69) is 30.2 Å². The van der Waals surface area contributed by atoms with E-state index in [0.717, 1.165) is 16.7 Å². The number of piperazine rings is 1. The van der Waals surface area contributed by atoms with E-state index < -0.39 is 0 Å². The standard InChI is InChI=1S/C26H27N5O2/c1-17-14-31(15-18(2)30-17)26(32)22-9-7-21(8-10-22)23-11-24(25(28)29-13-23)33-16-20-5-3-19(12-27)4-6-20/h3-11,13,17-18,30H,14-16H2,1-2H3,(H2,28,29). The molecule has 1 aliphatic heterocycles. The van der Waals surface area contributed by atoms with Crippen LogP contribution in [0.2, 0.25) is 0 Å². The molecule has 1 saturated heterocycles. The number of ether oxygens (including phenoxy) is 1. The molecule has 1 amide bonds. The average molecular weight is 442 g/mol. The number of pyridine rings is 1. The van der Waals surface area contributed by atoms with Gasteiger partial charge in [0.05, 0.1) is 11.6 Å². The molecule has 0 bridgehead atoms. The van der Waals surface area contributed by atoms with Crippen LogP contribution in [0.1, 0.15) is 35.3 Å². The highest BCUT2D eigenvalue weighted by Crippen LogP contribution is 2.28. The Bertz CT molecular complexity index is 1160. The molecule has 0 saturated carbocycles. The van der Waals surface area contributed by atoms with Gasteiger partial charge in [0, 0.05) is 42.5 Å². The molecule has 3 N–H and O–H groups in total. The minimum absolute atomic E-state index is 0.0450. The van der Waals surface area contributed by atoms with E-state index in [0.29, 0.717) is 42.4 Å². The van der Waals surface area contributed by atoms with Gasteiger partial charge in [-0.25, -0.2) is 4.98 Å². The van der Waals surface area contributed by atoms with Gasteiger partial charge in [0.2, 0.25) is 0 Å². The third kappa shape index (κ3) is 5.30. The third-order valence-corrected chi connectivity index (χ3v) is 5.67. The van der Waals surface area contributed by atoms with Crippen LogP contribution in [0.5, 0.6) is 5.75 Å². The van der Waals surface area contributed by atoms with Crippen molar-refractivity contribution >= 4 is 11.7 Å². The Kier molecular flexibility index (Phi) is 6.57. The molecular weight excluding hydrogens is 414 g/mol. The number of amides is 1. The molecule has 2 unspecified atom stereocenters. The topological polar surface area (TPSA) is 104 Å². The van der Waals surface area contributed by atoms with E-state index in [1.165, 1.54) is 0 Å². The Balaban J connectivity index is 1.46. The van der Waals surface area contributed by atoms with Gasteiger partial charge < -0.3 is 20.7 Å². The van der Waals surface area contributed by atoms with E-state index in [-0.39, 0.29) is 18.0 Å². The van der Waals surface area contributed by atoms with Crippen LogP contribution in [0.4, 0.5) is 5.82 Å². The van der Waals surface area contributed by atoms with Crippen molar-refractivity contribution in [2.24, 2.45) is 0 Å². The molecule has 0 radical (unpaired) electrons. The molecule has 0 spiro atoms. The normalized spacial score (nSPS) is 17.9. The number of aromatic nitrogens is 1. The second-order valence-corrected chi connectivity index (χ2v) is 8.46. The molecule has 7 heteroatoms. The first-order valence-electron chi connectivity index (χ1n) is 11.0.